The number of fused-ring (bicyclic) bond motifs is 2. The normalized spacial score (nSPS) is 15.5. The van der Waals surface area contributed by atoms with Crippen LogP contribution in [-0.4, -0.2) is 42.8 Å². The molecular formula is C26H21FN4O3. The number of aliphatic imine (C=N–C) groups is 1. The van der Waals surface area contributed by atoms with Crippen LogP contribution in [0.5, 0.6) is 5.75 Å². The number of carbonyl (C=O) groups excluding carboxylic acids is 2. The van der Waals surface area contributed by atoms with Gasteiger partial charge in [0, 0.05) is 35.1 Å². The Kier molecular flexibility index (Phi) is 5.33. The highest BCUT2D eigenvalue weighted by Crippen LogP contribution is 2.28. The number of anilines is 1. The van der Waals surface area contributed by atoms with Crippen molar-refractivity contribution >= 4 is 34.1 Å². The summed E-state index contributed by atoms with van der Waals surface area (Å²) in [6, 6.07) is 20.4. The number of hydrogen-bond donors (Lipinski definition) is 2. The zero-order chi connectivity index (χ0) is 23.8. The van der Waals surface area contributed by atoms with Gasteiger partial charge in [0.15, 0.2) is 0 Å². The molecule has 3 aromatic carbocycles. The fourth-order valence-corrected chi connectivity index (χ4v) is 4.04. The number of nitrogens with zero attached hydrogens (tertiary/aromatic N) is 2. The lowest BCUT2D eigenvalue weighted by Gasteiger charge is -2.20. The zero-order valence-electron chi connectivity index (χ0n) is 18.5. The summed E-state index contributed by atoms with van der Waals surface area (Å²) >= 11 is 0. The summed E-state index contributed by atoms with van der Waals surface area (Å²) in [4.78, 5) is 35.4. The summed E-state index contributed by atoms with van der Waals surface area (Å²) in [5.41, 5.74) is 2.69. The summed E-state index contributed by atoms with van der Waals surface area (Å²) in [6.07, 6.45) is -1.25. The Balaban J connectivity index is 1.55. The highest BCUT2D eigenvalue weighted by Gasteiger charge is 2.32. The van der Waals surface area contributed by atoms with Crippen molar-refractivity contribution in [1.29, 1.82) is 0 Å². The van der Waals surface area contributed by atoms with Gasteiger partial charge in [-0.25, -0.2) is 9.38 Å². The molecule has 2 N–H and O–H groups in total. The first-order valence-electron chi connectivity index (χ1n) is 10.6. The maximum atomic E-state index is 14.7. The number of aromatic amines is 1. The zero-order valence-corrected chi connectivity index (χ0v) is 18.5. The summed E-state index contributed by atoms with van der Waals surface area (Å²) in [5.74, 6) is -0.768. The minimum absolute atomic E-state index is 0.245. The van der Waals surface area contributed by atoms with Gasteiger partial charge in [0.25, 0.3) is 11.8 Å². The number of para-hydroxylation sites is 1. The minimum atomic E-state index is -1.25. The van der Waals surface area contributed by atoms with Gasteiger partial charge in [-0.2, -0.15) is 0 Å². The number of H-pyrrole nitrogens is 1. The Bertz CT molecular complexity index is 1460. The third-order valence-corrected chi connectivity index (χ3v) is 5.81. The van der Waals surface area contributed by atoms with Crippen LogP contribution in [0.3, 0.4) is 0 Å². The minimum Gasteiger partial charge on any atom is -0.497 e. The van der Waals surface area contributed by atoms with E-state index < -0.39 is 23.8 Å². The second-order valence-corrected chi connectivity index (χ2v) is 7.88. The van der Waals surface area contributed by atoms with Gasteiger partial charge in [0.05, 0.1) is 18.5 Å². The lowest BCUT2D eigenvalue weighted by Crippen LogP contribution is -2.46. The fraction of sp³-hybridized carbons (Fsp3) is 0.115. The fourth-order valence-electron chi connectivity index (χ4n) is 4.04. The molecule has 0 radical (unpaired) electrons. The standard InChI is InChI=1S/C26H21FN4O3/c1-31-22-10-6-4-8-18(22)23(17-7-3-5-9-19(17)27)29-24(26(31)33)30-25(32)21-13-15-11-12-16(34-2)14-20(15)28-21/h3-14,24,28H,1-2H3,(H,30,32). The van der Waals surface area contributed by atoms with Crippen molar-refractivity contribution in [3.8, 4) is 5.75 Å². The van der Waals surface area contributed by atoms with Crippen LogP contribution in [-0.2, 0) is 4.79 Å². The van der Waals surface area contributed by atoms with Crippen LogP contribution < -0.4 is 15.0 Å². The molecule has 0 saturated heterocycles. The van der Waals surface area contributed by atoms with E-state index >= 15 is 0 Å². The van der Waals surface area contributed by atoms with E-state index in [1.54, 1.807) is 74.8 Å². The number of nitrogens with one attached hydrogen (secondary N) is 2. The van der Waals surface area contributed by atoms with Crippen molar-refractivity contribution in [2.24, 2.45) is 4.99 Å². The van der Waals surface area contributed by atoms with E-state index in [2.05, 4.69) is 15.3 Å². The van der Waals surface area contributed by atoms with E-state index in [1.807, 2.05) is 6.07 Å². The Morgan fingerprint density at radius 3 is 2.56 bits per heavy atom. The molecular weight excluding hydrogens is 435 g/mol. The first-order chi connectivity index (χ1) is 16.5. The number of ether oxygens (including phenoxy) is 1. The van der Waals surface area contributed by atoms with E-state index in [-0.39, 0.29) is 17.0 Å². The van der Waals surface area contributed by atoms with Crippen molar-refractivity contribution in [3.63, 3.8) is 0 Å². The van der Waals surface area contributed by atoms with Gasteiger partial charge in [0.2, 0.25) is 6.17 Å². The molecule has 2 amide bonds. The van der Waals surface area contributed by atoms with Crippen LogP contribution in [0.1, 0.15) is 21.6 Å². The van der Waals surface area contributed by atoms with Crippen LogP contribution in [0, 0.1) is 5.82 Å². The lowest BCUT2D eigenvalue weighted by molar-refractivity contribution is -0.119. The summed E-state index contributed by atoms with van der Waals surface area (Å²) in [6.45, 7) is 0. The van der Waals surface area contributed by atoms with Gasteiger partial charge >= 0.3 is 0 Å². The van der Waals surface area contributed by atoms with E-state index in [0.29, 0.717) is 17.0 Å². The molecule has 8 heteroatoms. The average molecular weight is 456 g/mol. The molecule has 1 unspecified atom stereocenters. The van der Waals surface area contributed by atoms with E-state index in [0.717, 1.165) is 10.9 Å². The summed E-state index contributed by atoms with van der Waals surface area (Å²) in [7, 11) is 3.17. The molecule has 2 heterocycles. The van der Waals surface area contributed by atoms with E-state index in [1.165, 1.54) is 11.0 Å². The van der Waals surface area contributed by atoms with E-state index in [4.69, 9.17) is 4.74 Å². The van der Waals surface area contributed by atoms with Crippen LogP contribution in [0.2, 0.25) is 0 Å². The van der Waals surface area contributed by atoms with Crippen molar-refractivity contribution in [3.05, 3.63) is 95.4 Å². The molecule has 0 spiro atoms. The highest BCUT2D eigenvalue weighted by molar-refractivity contribution is 6.20. The van der Waals surface area contributed by atoms with Crippen molar-refractivity contribution in [2.45, 2.75) is 6.17 Å². The van der Waals surface area contributed by atoms with Crippen molar-refractivity contribution in [2.75, 3.05) is 19.1 Å². The van der Waals surface area contributed by atoms with E-state index in [9.17, 15) is 14.0 Å². The van der Waals surface area contributed by atoms with Crippen molar-refractivity contribution in [1.82, 2.24) is 10.3 Å². The first-order valence-corrected chi connectivity index (χ1v) is 10.6. The monoisotopic (exact) mass is 456 g/mol. The number of benzene rings is 3. The van der Waals surface area contributed by atoms with Gasteiger partial charge in [-0.1, -0.05) is 30.3 Å². The topological polar surface area (TPSA) is 86.8 Å². The molecule has 0 bridgehead atoms. The quantitative estimate of drug-likeness (QED) is 0.489. The second-order valence-electron chi connectivity index (χ2n) is 7.88. The average Bonchev–Trinajstić information content (AvgIpc) is 3.26. The number of methoxy groups -OCH3 is 1. The SMILES string of the molecule is COc1ccc2cc(C(=O)NC3N=C(c4ccccc4F)c4ccccc4N(C)C3=O)[nH]c2c1. The number of aromatic nitrogens is 1. The number of carbonyl (C=O) groups is 2. The predicted molar refractivity (Wildman–Crippen MR) is 128 cm³/mol. The third kappa shape index (κ3) is 3.69. The molecule has 7 nitrogen and oxygen atoms in total. The van der Waals surface area contributed by atoms with Gasteiger partial charge in [-0.3, -0.25) is 9.59 Å². The number of hydrogen-bond acceptors (Lipinski definition) is 4. The van der Waals surface area contributed by atoms with Crippen LogP contribution in [0.25, 0.3) is 10.9 Å². The molecule has 34 heavy (non-hydrogen) atoms. The molecule has 5 rings (SSSR count). The largest absolute Gasteiger partial charge is 0.497 e. The highest BCUT2D eigenvalue weighted by atomic mass is 19.1. The molecule has 170 valence electrons. The number of benzodiazepines with no additional fused rings is 1. The number of rotatable bonds is 4. The molecule has 1 aromatic heterocycles. The molecule has 0 saturated carbocycles. The Morgan fingerprint density at radius 1 is 1.06 bits per heavy atom. The van der Waals surface area contributed by atoms with Crippen LogP contribution in [0.4, 0.5) is 10.1 Å². The predicted octanol–water partition coefficient (Wildman–Crippen LogP) is 3.89. The van der Waals surface area contributed by atoms with Crippen LogP contribution >= 0.6 is 0 Å². The third-order valence-electron chi connectivity index (χ3n) is 5.81. The Hall–Kier alpha value is -4.46. The maximum Gasteiger partial charge on any atom is 0.272 e. The lowest BCUT2D eigenvalue weighted by atomic mass is 10.00. The van der Waals surface area contributed by atoms with Gasteiger partial charge in [0.1, 0.15) is 17.3 Å². The summed E-state index contributed by atoms with van der Waals surface area (Å²) < 4.78 is 20.0. The molecule has 4 aromatic rings. The molecule has 0 aliphatic carbocycles. The number of likely N-dealkylation sites (N-methyl/N-ethyl adjacent to an activating group) is 1. The van der Waals surface area contributed by atoms with Crippen molar-refractivity contribution < 1.29 is 18.7 Å². The Labute approximate surface area is 194 Å². The summed E-state index contributed by atoms with van der Waals surface area (Å²) in [5, 5.41) is 3.51. The van der Waals surface area contributed by atoms with Gasteiger partial charge in [-0.15, -0.1) is 0 Å². The van der Waals surface area contributed by atoms with Gasteiger partial charge < -0.3 is 19.9 Å². The molecule has 1 atom stereocenters. The first kappa shape index (κ1) is 21.4. The van der Waals surface area contributed by atoms with Gasteiger partial charge in [-0.05, 0) is 36.4 Å². The second kappa shape index (κ2) is 8.47. The number of amides is 2. The Morgan fingerprint density at radius 2 is 1.79 bits per heavy atom. The smallest absolute Gasteiger partial charge is 0.272 e. The molecule has 1 aliphatic heterocycles. The molecule has 0 fully saturated rings. The maximum absolute atomic E-state index is 14.7. The molecule has 1 aliphatic rings. The van der Waals surface area contributed by atoms with Crippen LogP contribution in [0.15, 0.2) is 77.8 Å². The number of halogens is 1.